The van der Waals surface area contributed by atoms with Crippen molar-refractivity contribution in [1.82, 2.24) is 0 Å². The SMILES string of the molecule is NC(Cc1ccc(I)cc1)CC1CCOC1. The third kappa shape index (κ3) is 3.71. The second-order valence-electron chi connectivity index (χ2n) is 4.56. The summed E-state index contributed by atoms with van der Waals surface area (Å²) in [6, 6.07) is 8.90. The highest BCUT2D eigenvalue weighted by Crippen LogP contribution is 2.19. The first-order valence-corrected chi connectivity index (χ1v) is 6.89. The van der Waals surface area contributed by atoms with Crippen LogP contribution in [0, 0.1) is 9.49 Å². The first kappa shape index (κ1) is 12.3. The van der Waals surface area contributed by atoms with Gasteiger partial charge in [0.15, 0.2) is 0 Å². The van der Waals surface area contributed by atoms with Crippen LogP contribution in [0.15, 0.2) is 24.3 Å². The summed E-state index contributed by atoms with van der Waals surface area (Å²) in [5.41, 5.74) is 7.51. The maximum atomic E-state index is 6.17. The van der Waals surface area contributed by atoms with E-state index in [0.717, 1.165) is 26.1 Å². The summed E-state index contributed by atoms with van der Waals surface area (Å²) >= 11 is 2.32. The van der Waals surface area contributed by atoms with Gasteiger partial charge in [-0.25, -0.2) is 0 Å². The Balaban J connectivity index is 1.81. The van der Waals surface area contributed by atoms with Crippen LogP contribution in [-0.2, 0) is 11.2 Å². The zero-order valence-corrected chi connectivity index (χ0v) is 11.5. The fraction of sp³-hybridized carbons (Fsp3) is 0.538. The molecule has 0 bridgehead atoms. The lowest BCUT2D eigenvalue weighted by Crippen LogP contribution is -2.26. The third-order valence-electron chi connectivity index (χ3n) is 3.07. The van der Waals surface area contributed by atoms with Crippen LogP contribution >= 0.6 is 22.6 Å². The normalized spacial score (nSPS) is 22.2. The lowest BCUT2D eigenvalue weighted by atomic mass is 9.95. The number of halogens is 1. The van der Waals surface area contributed by atoms with Gasteiger partial charge in [-0.1, -0.05) is 12.1 Å². The van der Waals surface area contributed by atoms with Crippen LogP contribution in [0.2, 0.25) is 0 Å². The molecule has 1 saturated heterocycles. The molecule has 0 spiro atoms. The summed E-state index contributed by atoms with van der Waals surface area (Å²) in [6.45, 7) is 1.82. The van der Waals surface area contributed by atoms with Gasteiger partial charge >= 0.3 is 0 Å². The second kappa shape index (κ2) is 5.98. The Kier molecular flexibility index (Phi) is 4.61. The van der Waals surface area contributed by atoms with E-state index in [-0.39, 0.29) is 6.04 Å². The van der Waals surface area contributed by atoms with Crippen LogP contribution in [0.5, 0.6) is 0 Å². The summed E-state index contributed by atoms with van der Waals surface area (Å²) < 4.78 is 6.64. The molecule has 0 aromatic heterocycles. The minimum absolute atomic E-state index is 0.270. The summed E-state index contributed by atoms with van der Waals surface area (Å²) in [5.74, 6) is 0.679. The largest absolute Gasteiger partial charge is 0.381 e. The van der Waals surface area contributed by atoms with Crippen molar-refractivity contribution in [3.05, 3.63) is 33.4 Å². The van der Waals surface area contributed by atoms with Crippen LogP contribution in [-0.4, -0.2) is 19.3 Å². The van der Waals surface area contributed by atoms with Crippen LogP contribution < -0.4 is 5.73 Å². The van der Waals surface area contributed by atoms with Crippen LogP contribution in [0.25, 0.3) is 0 Å². The lowest BCUT2D eigenvalue weighted by molar-refractivity contribution is 0.182. The van der Waals surface area contributed by atoms with Crippen LogP contribution in [0.3, 0.4) is 0 Å². The van der Waals surface area contributed by atoms with E-state index in [9.17, 15) is 0 Å². The van der Waals surface area contributed by atoms with Crippen molar-refractivity contribution in [3.8, 4) is 0 Å². The summed E-state index contributed by atoms with van der Waals surface area (Å²) in [4.78, 5) is 0. The molecule has 2 N–H and O–H groups in total. The molecule has 1 aromatic carbocycles. The molecule has 2 atom stereocenters. The van der Waals surface area contributed by atoms with Crippen LogP contribution in [0.1, 0.15) is 18.4 Å². The van der Waals surface area contributed by atoms with Crippen molar-refractivity contribution in [3.63, 3.8) is 0 Å². The minimum atomic E-state index is 0.270. The molecular formula is C13H18INO. The molecular weight excluding hydrogens is 313 g/mol. The minimum Gasteiger partial charge on any atom is -0.381 e. The fourth-order valence-corrected chi connectivity index (χ4v) is 2.56. The summed E-state index contributed by atoms with van der Waals surface area (Å²) in [6.07, 6.45) is 3.25. The van der Waals surface area contributed by atoms with Gasteiger partial charge in [-0.05, 0) is 65.5 Å². The molecule has 2 rings (SSSR count). The van der Waals surface area contributed by atoms with E-state index < -0.39 is 0 Å². The number of benzene rings is 1. The fourth-order valence-electron chi connectivity index (χ4n) is 2.20. The zero-order chi connectivity index (χ0) is 11.4. The van der Waals surface area contributed by atoms with Gasteiger partial charge in [0.1, 0.15) is 0 Å². The molecule has 16 heavy (non-hydrogen) atoms. The third-order valence-corrected chi connectivity index (χ3v) is 3.79. The van der Waals surface area contributed by atoms with Crippen molar-refractivity contribution in [2.75, 3.05) is 13.2 Å². The van der Waals surface area contributed by atoms with E-state index in [1.807, 2.05) is 0 Å². The Bertz CT molecular complexity index is 319. The molecule has 2 nitrogen and oxygen atoms in total. The Labute approximate surface area is 111 Å². The predicted octanol–water partition coefficient (Wildman–Crippen LogP) is 2.59. The van der Waals surface area contributed by atoms with Gasteiger partial charge in [-0.3, -0.25) is 0 Å². The molecule has 0 radical (unpaired) electrons. The predicted molar refractivity (Wildman–Crippen MR) is 74.4 cm³/mol. The number of nitrogens with two attached hydrogens (primary N) is 1. The van der Waals surface area contributed by atoms with Gasteiger partial charge in [-0.15, -0.1) is 0 Å². The van der Waals surface area contributed by atoms with Crippen LogP contribution in [0.4, 0.5) is 0 Å². The van der Waals surface area contributed by atoms with Crippen molar-refractivity contribution in [2.45, 2.75) is 25.3 Å². The van der Waals surface area contributed by atoms with Gasteiger partial charge in [0.2, 0.25) is 0 Å². The molecule has 1 aromatic rings. The molecule has 3 heteroatoms. The maximum Gasteiger partial charge on any atom is 0.0495 e. The topological polar surface area (TPSA) is 35.2 Å². The van der Waals surface area contributed by atoms with Crippen molar-refractivity contribution >= 4 is 22.6 Å². The molecule has 1 aliphatic rings. The molecule has 0 aliphatic carbocycles. The quantitative estimate of drug-likeness (QED) is 0.861. The smallest absolute Gasteiger partial charge is 0.0495 e. The molecule has 1 fully saturated rings. The van der Waals surface area contributed by atoms with E-state index in [1.54, 1.807) is 0 Å². The molecule has 0 saturated carbocycles. The molecule has 1 aliphatic heterocycles. The summed E-state index contributed by atoms with van der Waals surface area (Å²) in [5, 5.41) is 0. The van der Waals surface area contributed by atoms with Gasteiger partial charge in [0, 0.05) is 22.8 Å². The zero-order valence-electron chi connectivity index (χ0n) is 9.36. The summed E-state index contributed by atoms with van der Waals surface area (Å²) in [7, 11) is 0. The Morgan fingerprint density at radius 1 is 1.38 bits per heavy atom. The van der Waals surface area contributed by atoms with E-state index in [1.165, 1.54) is 15.6 Å². The Hall–Kier alpha value is -0.130. The molecule has 0 amide bonds. The van der Waals surface area contributed by atoms with Gasteiger partial charge < -0.3 is 10.5 Å². The maximum absolute atomic E-state index is 6.17. The van der Waals surface area contributed by atoms with Gasteiger partial charge in [-0.2, -0.15) is 0 Å². The highest BCUT2D eigenvalue weighted by Gasteiger charge is 2.18. The highest BCUT2D eigenvalue weighted by molar-refractivity contribution is 14.1. The number of ether oxygens (including phenoxy) is 1. The van der Waals surface area contributed by atoms with E-state index in [2.05, 4.69) is 46.9 Å². The average Bonchev–Trinajstić information content (AvgIpc) is 2.74. The number of rotatable bonds is 4. The molecule has 88 valence electrons. The van der Waals surface area contributed by atoms with Crippen molar-refractivity contribution in [1.29, 1.82) is 0 Å². The van der Waals surface area contributed by atoms with E-state index in [0.29, 0.717) is 5.92 Å². The number of hydrogen-bond acceptors (Lipinski definition) is 2. The van der Waals surface area contributed by atoms with Crippen molar-refractivity contribution < 1.29 is 4.74 Å². The first-order valence-electron chi connectivity index (χ1n) is 5.82. The Morgan fingerprint density at radius 3 is 2.75 bits per heavy atom. The molecule has 1 heterocycles. The average molecular weight is 331 g/mol. The van der Waals surface area contributed by atoms with Gasteiger partial charge in [0.05, 0.1) is 0 Å². The number of hydrogen-bond donors (Lipinski definition) is 1. The monoisotopic (exact) mass is 331 g/mol. The van der Waals surface area contributed by atoms with Crippen molar-refractivity contribution in [2.24, 2.45) is 11.7 Å². The highest BCUT2D eigenvalue weighted by atomic mass is 127. The van der Waals surface area contributed by atoms with E-state index in [4.69, 9.17) is 10.5 Å². The first-order chi connectivity index (χ1) is 7.74. The van der Waals surface area contributed by atoms with Gasteiger partial charge in [0.25, 0.3) is 0 Å². The Morgan fingerprint density at radius 2 is 2.12 bits per heavy atom. The standard InChI is InChI=1S/C13H18INO/c14-12-3-1-10(2-4-12)7-13(15)8-11-5-6-16-9-11/h1-4,11,13H,5-9,15H2. The molecule has 2 unspecified atom stereocenters. The second-order valence-corrected chi connectivity index (χ2v) is 5.80. The lowest BCUT2D eigenvalue weighted by Gasteiger charge is -2.15. The van der Waals surface area contributed by atoms with E-state index >= 15 is 0 Å².